The monoisotopic (exact) mass is 295 g/mol. The summed E-state index contributed by atoms with van der Waals surface area (Å²) in [5.74, 6) is 0.238. The van der Waals surface area contributed by atoms with Crippen LogP contribution in [0.5, 0.6) is 5.75 Å². The van der Waals surface area contributed by atoms with Crippen LogP contribution in [0.25, 0.3) is 0 Å². The van der Waals surface area contributed by atoms with Gasteiger partial charge in [-0.25, -0.2) is 0 Å². The molecule has 0 aromatic heterocycles. The van der Waals surface area contributed by atoms with Crippen molar-refractivity contribution in [2.45, 2.75) is 31.5 Å². The maximum Gasteiger partial charge on any atom is 0.416 e. The van der Waals surface area contributed by atoms with E-state index in [1.54, 1.807) is 6.07 Å². The van der Waals surface area contributed by atoms with Gasteiger partial charge in [-0.1, -0.05) is 12.5 Å². The lowest BCUT2D eigenvalue weighted by Gasteiger charge is -2.26. The van der Waals surface area contributed by atoms with Crippen LogP contribution in [-0.4, -0.2) is 13.7 Å². The summed E-state index contributed by atoms with van der Waals surface area (Å²) in [5, 5.41) is 3.14. The van der Waals surface area contributed by atoms with Crippen LogP contribution >= 0.6 is 12.4 Å². The zero-order chi connectivity index (χ0) is 13.2. The van der Waals surface area contributed by atoms with E-state index >= 15 is 0 Å². The zero-order valence-electron chi connectivity index (χ0n) is 10.6. The van der Waals surface area contributed by atoms with Gasteiger partial charge in [-0.2, -0.15) is 13.2 Å². The van der Waals surface area contributed by atoms with Gasteiger partial charge in [-0.3, -0.25) is 0 Å². The molecule has 0 bridgehead atoms. The van der Waals surface area contributed by atoms with Gasteiger partial charge in [0.15, 0.2) is 0 Å². The molecule has 6 heteroatoms. The number of alkyl halides is 3. The van der Waals surface area contributed by atoms with Crippen molar-refractivity contribution in [1.29, 1.82) is 0 Å². The molecule has 2 nitrogen and oxygen atoms in total. The molecule has 19 heavy (non-hydrogen) atoms. The normalized spacial score (nSPS) is 19.7. The first kappa shape index (κ1) is 16.1. The summed E-state index contributed by atoms with van der Waals surface area (Å²) in [6.45, 7) is 0.772. The molecule has 0 saturated carbocycles. The van der Waals surface area contributed by atoms with Gasteiger partial charge in [0.25, 0.3) is 0 Å². The molecule has 1 N–H and O–H groups in total. The minimum atomic E-state index is -4.34. The molecule has 0 aliphatic carbocycles. The van der Waals surface area contributed by atoms with Gasteiger partial charge in [-0.05, 0) is 37.1 Å². The first-order valence-electron chi connectivity index (χ1n) is 6.01. The predicted octanol–water partition coefficient (Wildman–Crippen LogP) is 3.95. The van der Waals surface area contributed by atoms with Crippen molar-refractivity contribution in [3.05, 3.63) is 29.3 Å². The highest BCUT2D eigenvalue weighted by Crippen LogP contribution is 2.38. The molecule has 1 heterocycles. The summed E-state index contributed by atoms with van der Waals surface area (Å²) in [6, 6.07) is 3.97. The van der Waals surface area contributed by atoms with E-state index in [9.17, 15) is 13.2 Å². The van der Waals surface area contributed by atoms with Gasteiger partial charge in [0.2, 0.25) is 0 Å². The van der Waals surface area contributed by atoms with Crippen molar-refractivity contribution in [2.75, 3.05) is 13.7 Å². The van der Waals surface area contributed by atoms with Crippen molar-refractivity contribution in [3.63, 3.8) is 0 Å². The standard InChI is InChI=1S/C13H16F3NO.ClH/c1-18-9-5-6-10(11(8-9)13(14,15)16)12-4-2-3-7-17-12;/h5-6,8,12,17H,2-4,7H2,1H3;1H/t12-;/m0./s1. The molecule has 1 aromatic rings. The molecule has 0 unspecified atom stereocenters. The van der Waals surface area contributed by atoms with E-state index in [1.807, 2.05) is 0 Å². The molecule has 0 spiro atoms. The largest absolute Gasteiger partial charge is 0.497 e. The first-order valence-corrected chi connectivity index (χ1v) is 6.01. The van der Waals surface area contributed by atoms with Crippen LogP contribution in [0.2, 0.25) is 0 Å². The van der Waals surface area contributed by atoms with Gasteiger partial charge >= 0.3 is 6.18 Å². The molecule has 1 atom stereocenters. The number of hydrogen-bond acceptors (Lipinski definition) is 2. The summed E-state index contributed by atoms with van der Waals surface area (Å²) in [6.07, 6.45) is -1.62. The summed E-state index contributed by atoms with van der Waals surface area (Å²) < 4.78 is 44.0. The van der Waals surface area contributed by atoms with Crippen LogP contribution in [0.4, 0.5) is 13.2 Å². The third-order valence-corrected chi connectivity index (χ3v) is 3.25. The molecule has 1 aromatic carbocycles. The van der Waals surface area contributed by atoms with Crippen molar-refractivity contribution in [1.82, 2.24) is 5.32 Å². The Balaban J connectivity index is 0.00000180. The lowest BCUT2D eigenvalue weighted by molar-refractivity contribution is -0.138. The molecule has 1 aliphatic rings. The summed E-state index contributed by atoms with van der Waals surface area (Å²) >= 11 is 0. The number of piperidine rings is 1. The average molecular weight is 296 g/mol. The summed E-state index contributed by atoms with van der Waals surface area (Å²) in [7, 11) is 1.37. The van der Waals surface area contributed by atoms with E-state index in [0.717, 1.165) is 31.9 Å². The van der Waals surface area contributed by atoms with Crippen molar-refractivity contribution in [3.8, 4) is 5.75 Å². The van der Waals surface area contributed by atoms with E-state index < -0.39 is 11.7 Å². The molecular formula is C13H17ClF3NO. The number of benzene rings is 1. The lowest BCUT2D eigenvalue weighted by atomic mass is 9.93. The van der Waals surface area contributed by atoms with Crippen LogP contribution in [0.15, 0.2) is 18.2 Å². The Kier molecular flexibility index (Phi) is 5.50. The van der Waals surface area contributed by atoms with Crippen LogP contribution in [-0.2, 0) is 6.18 Å². The number of methoxy groups -OCH3 is 1. The number of halogens is 4. The maximum atomic E-state index is 13.0. The second-order valence-electron chi connectivity index (χ2n) is 4.45. The fourth-order valence-corrected chi connectivity index (χ4v) is 2.33. The van der Waals surface area contributed by atoms with Gasteiger partial charge in [0.1, 0.15) is 5.75 Å². The number of hydrogen-bond donors (Lipinski definition) is 1. The SMILES string of the molecule is COc1ccc([C@@H]2CCCCN2)c(C(F)(F)F)c1.Cl. The Morgan fingerprint density at radius 1 is 1.26 bits per heavy atom. The van der Waals surface area contributed by atoms with E-state index in [0.29, 0.717) is 5.56 Å². The van der Waals surface area contributed by atoms with Crippen molar-refractivity contribution in [2.24, 2.45) is 0 Å². The third kappa shape index (κ3) is 3.76. The fourth-order valence-electron chi connectivity index (χ4n) is 2.33. The molecule has 0 amide bonds. The van der Waals surface area contributed by atoms with Gasteiger partial charge < -0.3 is 10.1 Å². The molecule has 108 valence electrons. The fraction of sp³-hybridized carbons (Fsp3) is 0.538. The minimum Gasteiger partial charge on any atom is -0.497 e. The Morgan fingerprint density at radius 3 is 2.53 bits per heavy atom. The van der Waals surface area contributed by atoms with E-state index in [-0.39, 0.29) is 24.2 Å². The van der Waals surface area contributed by atoms with Gasteiger partial charge in [0, 0.05) is 6.04 Å². The predicted molar refractivity (Wildman–Crippen MR) is 69.8 cm³/mol. The Bertz CT molecular complexity index is 417. The Morgan fingerprint density at radius 2 is 2.00 bits per heavy atom. The van der Waals surface area contributed by atoms with Crippen LogP contribution in [0, 0.1) is 0 Å². The molecule has 0 radical (unpaired) electrons. The molecule has 1 aliphatic heterocycles. The average Bonchev–Trinajstić information content (AvgIpc) is 2.38. The Hall–Kier alpha value is -0.940. The number of rotatable bonds is 2. The van der Waals surface area contributed by atoms with Crippen molar-refractivity contribution < 1.29 is 17.9 Å². The molecule has 2 rings (SSSR count). The van der Waals surface area contributed by atoms with E-state index in [1.165, 1.54) is 13.2 Å². The number of nitrogens with one attached hydrogen (secondary N) is 1. The summed E-state index contributed by atoms with van der Waals surface area (Å²) in [5.41, 5.74) is -0.274. The Labute approximate surface area is 116 Å². The second-order valence-corrected chi connectivity index (χ2v) is 4.45. The van der Waals surface area contributed by atoms with Crippen LogP contribution < -0.4 is 10.1 Å². The summed E-state index contributed by atoms with van der Waals surface area (Å²) in [4.78, 5) is 0. The lowest BCUT2D eigenvalue weighted by Crippen LogP contribution is -2.28. The minimum absolute atomic E-state index is 0. The van der Waals surface area contributed by atoms with E-state index in [4.69, 9.17) is 4.74 Å². The van der Waals surface area contributed by atoms with Gasteiger partial charge in [0.05, 0.1) is 12.7 Å². The first-order chi connectivity index (χ1) is 8.52. The maximum absolute atomic E-state index is 13.0. The topological polar surface area (TPSA) is 21.3 Å². The van der Waals surface area contributed by atoms with Gasteiger partial charge in [-0.15, -0.1) is 12.4 Å². The molecular weight excluding hydrogens is 279 g/mol. The quantitative estimate of drug-likeness (QED) is 0.892. The molecule has 1 saturated heterocycles. The van der Waals surface area contributed by atoms with Crippen LogP contribution in [0.3, 0.4) is 0 Å². The highest BCUT2D eigenvalue weighted by Gasteiger charge is 2.36. The highest BCUT2D eigenvalue weighted by atomic mass is 35.5. The highest BCUT2D eigenvalue weighted by molar-refractivity contribution is 5.85. The smallest absolute Gasteiger partial charge is 0.416 e. The third-order valence-electron chi connectivity index (χ3n) is 3.25. The zero-order valence-corrected chi connectivity index (χ0v) is 11.4. The van der Waals surface area contributed by atoms with E-state index in [2.05, 4.69) is 5.32 Å². The number of ether oxygens (including phenoxy) is 1. The van der Waals surface area contributed by atoms with Crippen LogP contribution in [0.1, 0.15) is 36.4 Å². The van der Waals surface area contributed by atoms with Crippen molar-refractivity contribution >= 4 is 12.4 Å². The molecule has 1 fully saturated rings. The second kappa shape index (κ2) is 6.48.